The first-order chi connectivity index (χ1) is 12.9. The van der Waals surface area contributed by atoms with Gasteiger partial charge in [-0.05, 0) is 43.2 Å². The second-order valence-electron chi connectivity index (χ2n) is 6.15. The molecule has 1 fully saturated rings. The van der Waals surface area contributed by atoms with Gasteiger partial charge < -0.3 is 20.4 Å². The average molecular weight is 371 g/mol. The quantitative estimate of drug-likeness (QED) is 0.418. The fourth-order valence-corrected chi connectivity index (χ4v) is 3.00. The highest BCUT2D eigenvalue weighted by atomic mass is 16.6. The van der Waals surface area contributed by atoms with Crippen LogP contribution in [0.3, 0.4) is 0 Å². The number of phenols is 1. The van der Waals surface area contributed by atoms with Gasteiger partial charge in [-0.25, -0.2) is 4.79 Å². The summed E-state index contributed by atoms with van der Waals surface area (Å²) in [7, 11) is 0. The third-order valence-corrected chi connectivity index (χ3v) is 4.37. The molecule has 0 atom stereocenters. The predicted molar refractivity (Wildman–Crippen MR) is 97.6 cm³/mol. The number of anilines is 2. The normalized spacial score (nSPS) is 13.4. The molecule has 140 valence electrons. The van der Waals surface area contributed by atoms with Crippen molar-refractivity contribution >= 4 is 28.9 Å². The molecule has 2 aromatic carbocycles. The van der Waals surface area contributed by atoms with E-state index in [0.29, 0.717) is 5.69 Å². The molecule has 1 saturated heterocycles. The van der Waals surface area contributed by atoms with Gasteiger partial charge >= 0.3 is 5.97 Å². The van der Waals surface area contributed by atoms with Crippen LogP contribution in [0.25, 0.3) is 0 Å². The number of hydrogen-bond donors (Lipinski definition) is 3. The number of nitro groups is 1. The molecule has 0 aromatic heterocycles. The largest absolute Gasteiger partial charge is 0.506 e. The number of carboxylic acids is 1. The van der Waals surface area contributed by atoms with Gasteiger partial charge in [0, 0.05) is 24.7 Å². The van der Waals surface area contributed by atoms with Crippen LogP contribution in [0, 0.1) is 10.1 Å². The number of aromatic hydroxyl groups is 1. The van der Waals surface area contributed by atoms with Crippen LogP contribution in [0.2, 0.25) is 0 Å². The Kier molecular flexibility index (Phi) is 4.93. The molecule has 0 radical (unpaired) electrons. The van der Waals surface area contributed by atoms with Crippen molar-refractivity contribution in [3.05, 3.63) is 57.6 Å². The first-order valence-electron chi connectivity index (χ1n) is 8.28. The van der Waals surface area contributed by atoms with Crippen molar-refractivity contribution in [3.8, 4) is 5.75 Å². The van der Waals surface area contributed by atoms with Crippen molar-refractivity contribution in [2.45, 2.75) is 12.8 Å². The lowest BCUT2D eigenvalue weighted by Gasteiger charge is -2.18. The number of rotatable bonds is 5. The van der Waals surface area contributed by atoms with E-state index in [-0.39, 0.29) is 28.3 Å². The SMILES string of the molecule is O=C(O)c1ccc(O)c(NC(=O)c2ccc(N3CCCC3)c([N+](=O)[O-])c2)c1. The zero-order valence-corrected chi connectivity index (χ0v) is 14.2. The van der Waals surface area contributed by atoms with E-state index in [1.165, 1.54) is 24.3 Å². The van der Waals surface area contributed by atoms with E-state index in [4.69, 9.17) is 5.11 Å². The van der Waals surface area contributed by atoms with Crippen LogP contribution in [0.4, 0.5) is 17.1 Å². The standard InChI is InChI=1S/C18H17N3O6/c22-16-6-4-12(18(24)25)9-13(16)19-17(23)11-3-5-14(15(10-11)21(26)27)20-7-1-2-8-20/h3-6,9-10,22H,1-2,7-8H2,(H,19,23)(H,24,25). The monoisotopic (exact) mass is 371 g/mol. The minimum atomic E-state index is -1.21. The second kappa shape index (κ2) is 7.32. The summed E-state index contributed by atoms with van der Waals surface area (Å²) < 4.78 is 0. The van der Waals surface area contributed by atoms with E-state index in [1.54, 1.807) is 0 Å². The third-order valence-electron chi connectivity index (χ3n) is 4.37. The Bertz CT molecular complexity index is 921. The van der Waals surface area contributed by atoms with E-state index in [0.717, 1.165) is 38.1 Å². The van der Waals surface area contributed by atoms with Gasteiger partial charge in [0.25, 0.3) is 11.6 Å². The molecule has 0 bridgehead atoms. The highest BCUT2D eigenvalue weighted by Crippen LogP contribution is 2.32. The summed E-state index contributed by atoms with van der Waals surface area (Å²) in [5.41, 5.74) is 0.118. The summed E-state index contributed by atoms with van der Waals surface area (Å²) in [6.45, 7) is 1.45. The molecule has 1 amide bonds. The van der Waals surface area contributed by atoms with Crippen molar-refractivity contribution < 1.29 is 24.7 Å². The van der Waals surface area contributed by atoms with Crippen molar-refractivity contribution in [3.63, 3.8) is 0 Å². The van der Waals surface area contributed by atoms with Crippen molar-refractivity contribution in [1.29, 1.82) is 0 Å². The van der Waals surface area contributed by atoms with Crippen molar-refractivity contribution in [1.82, 2.24) is 0 Å². The zero-order valence-electron chi connectivity index (χ0n) is 14.2. The molecule has 0 aliphatic carbocycles. The van der Waals surface area contributed by atoms with Crippen LogP contribution in [0.5, 0.6) is 5.75 Å². The van der Waals surface area contributed by atoms with Gasteiger partial charge in [0.2, 0.25) is 0 Å². The number of hydrogen-bond acceptors (Lipinski definition) is 6. The Morgan fingerprint density at radius 1 is 1.07 bits per heavy atom. The smallest absolute Gasteiger partial charge is 0.335 e. The lowest BCUT2D eigenvalue weighted by Crippen LogP contribution is -2.20. The second-order valence-corrected chi connectivity index (χ2v) is 6.15. The van der Waals surface area contributed by atoms with E-state index < -0.39 is 16.8 Å². The van der Waals surface area contributed by atoms with Crippen LogP contribution >= 0.6 is 0 Å². The van der Waals surface area contributed by atoms with E-state index in [9.17, 15) is 24.8 Å². The molecule has 1 aliphatic heterocycles. The predicted octanol–water partition coefficient (Wildman–Crippen LogP) is 2.85. The highest BCUT2D eigenvalue weighted by molar-refractivity contribution is 6.06. The summed E-state index contributed by atoms with van der Waals surface area (Å²) >= 11 is 0. The molecular weight excluding hydrogens is 354 g/mol. The molecule has 9 heteroatoms. The molecule has 0 unspecified atom stereocenters. The van der Waals surface area contributed by atoms with Gasteiger partial charge in [0.05, 0.1) is 16.2 Å². The molecule has 2 aromatic rings. The number of nitrogens with one attached hydrogen (secondary N) is 1. The van der Waals surface area contributed by atoms with Crippen LogP contribution in [0.1, 0.15) is 33.6 Å². The minimum absolute atomic E-state index is 0.0322. The Hall–Kier alpha value is -3.62. The molecule has 27 heavy (non-hydrogen) atoms. The van der Waals surface area contributed by atoms with Gasteiger partial charge in [-0.15, -0.1) is 0 Å². The maximum atomic E-state index is 12.4. The Labute approximate surface area is 154 Å². The lowest BCUT2D eigenvalue weighted by molar-refractivity contribution is -0.384. The van der Waals surface area contributed by atoms with Gasteiger partial charge in [-0.3, -0.25) is 14.9 Å². The molecular formula is C18H17N3O6. The number of carboxylic acid groups (broad SMARTS) is 1. The number of phenolic OH excluding ortho intramolecular Hbond substituents is 1. The summed E-state index contributed by atoms with van der Waals surface area (Å²) in [5, 5.41) is 32.6. The fraction of sp³-hybridized carbons (Fsp3) is 0.222. The number of nitro benzene ring substituents is 1. The molecule has 0 saturated carbocycles. The topological polar surface area (TPSA) is 133 Å². The van der Waals surface area contributed by atoms with Crippen LogP contribution in [0.15, 0.2) is 36.4 Å². The van der Waals surface area contributed by atoms with Gasteiger partial charge in [-0.2, -0.15) is 0 Å². The molecule has 1 aliphatic rings. The maximum Gasteiger partial charge on any atom is 0.335 e. The number of nitrogens with zero attached hydrogens (tertiary/aromatic N) is 2. The number of carbonyl (C=O) groups is 2. The summed E-state index contributed by atoms with van der Waals surface area (Å²) in [4.78, 5) is 36.3. The maximum absolute atomic E-state index is 12.4. The molecule has 9 nitrogen and oxygen atoms in total. The minimum Gasteiger partial charge on any atom is -0.506 e. The number of benzene rings is 2. The van der Waals surface area contributed by atoms with E-state index in [2.05, 4.69) is 5.32 Å². The Morgan fingerprint density at radius 3 is 2.37 bits per heavy atom. The van der Waals surface area contributed by atoms with Crippen LogP contribution in [-0.4, -0.2) is 40.1 Å². The third kappa shape index (κ3) is 3.81. The van der Waals surface area contributed by atoms with Gasteiger partial charge in [0.1, 0.15) is 11.4 Å². The summed E-state index contributed by atoms with van der Waals surface area (Å²) in [6.07, 6.45) is 1.91. The van der Waals surface area contributed by atoms with Crippen molar-refractivity contribution in [2.75, 3.05) is 23.3 Å². The summed E-state index contributed by atoms with van der Waals surface area (Å²) in [5.74, 6) is -2.21. The van der Waals surface area contributed by atoms with Crippen LogP contribution in [-0.2, 0) is 0 Å². The zero-order chi connectivity index (χ0) is 19.6. The Morgan fingerprint density at radius 2 is 1.74 bits per heavy atom. The fourth-order valence-electron chi connectivity index (χ4n) is 3.00. The lowest BCUT2D eigenvalue weighted by atomic mass is 10.1. The van der Waals surface area contributed by atoms with Gasteiger partial charge in [-0.1, -0.05) is 0 Å². The molecule has 3 rings (SSSR count). The van der Waals surface area contributed by atoms with Gasteiger partial charge in [0.15, 0.2) is 0 Å². The molecule has 3 N–H and O–H groups in total. The number of carbonyl (C=O) groups excluding carboxylic acids is 1. The number of amides is 1. The van der Waals surface area contributed by atoms with E-state index in [1.807, 2.05) is 4.90 Å². The van der Waals surface area contributed by atoms with Crippen LogP contribution < -0.4 is 10.2 Å². The first kappa shape index (κ1) is 18.2. The average Bonchev–Trinajstić information content (AvgIpc) is 3.17. The highest BCUT2D eigenvalue weighted by Gasteiger charge is 2.24. The molecule has 0 spiro atoms. The number of aromatic carboxylic acids is 1. The first-order valence-corrected chi connectivity index (χ1v) is 8.28. The molecule has 1 heterocycles. The van der Waals surface area contributed by atoms with Crippen molar-refractivity contribution in [2.24, 2.45) is 0 Å². The summed E-state index contributed by atoms with van der Waals surface area (Å²) in [6, 6.07) is 7.64. The Balaban J connectivity index is 1.89. The van der Waals surface area contributed by atoms with E-state index >= 15 is 0 Å².